The van der Waals surface area contributed by atoms with Gasteiger partial charge in [-0.2, -0.15) is 0 Å². The zero-order valence-corrected chi connectivity index (χ0v) is 4.78. The normalized spacial score (nSPS) is 10.8. The first kappa shape index (κ1) is 5.43. The van der Waals surface area contributed by atoms with E-state index in [0.29, 0.717) is 0 Å². The highest BCUT2D eigenvalue weighted by Crippen LogP contribution is 2.08. The van der Waals surface area contributed by atoms with Gasteiger partial charge in [-0.25, -0.2) is 0 Å². The first-order valence-corrected chi connectivity index (χ1v) is 3.48. The lowest BCUT2D eigenvalue weighted by Gasteiger charge is -1.79. The molecule has 0 saturated heterocycles. The van der Waals surface area contributed by atoms with Crippen molar-refractivity contribution < 1.29 is 0 Å². The highest BCUT2D eigenvalue weighted by Gasteiger charge is 1.68. The highest BCUT2D eigenvalue weighted by atomic mass is 31.1. The Morgan fingerprint density at radius 2 is 2.40 bits per heavy atom. The summed E-state index contributed by atoms with van der Waals surface area (Å²) in [5.41, 5.74) is 0. The van der Waals surface area contributed by atoms with Gasteiger partial charge in [-0.05, 0) is 19.2 Å². The summed E-state index contributed by atoms with van der Waals surface area (Å²) < 4.78 is 0. The van der Waals surface area contributed by atoms with Crippen LogP contribution in [0.5, 0.6) is 0 Å². The van der Waals surface area contributed by atoms with E-state index in [2.05, 4.69) is 19.8 Å². The Balaban J connectivity index is 2.19. The van der Waals surface area contributed by atoms with Crippen molar-refractivity contribution in [2.75, 3.05) is 6.66 Å². The van der Waals surface area contributed by atoms with Crippen LogP contribution in [0.1, 0.15) is 13.3 Å². The highest BCUT2D eigenvalue weighted by molar-refractivity contribution is 7.39. The van der Waals surface area contributed by atoms with Crippen LogP contribution in [0.3, 0.4) is 0 Å². The predicted octanol–water partition coefficient (Wildman–Crippen LogP) is 1.87. The summed E-state index contributed by atoms with van der Waals surface area (Å²) in [4.78, 5) is 0. The van der Waals surface area contributed by atoms with E-state index in [4.69, 9.17) is 0 Å². The van der Waals surface area contributed by atoms with Crippen LogP contribution in [-0.2, 0) is 0 Å². The first-order chi connectivity index (χ1) is 2.41. The van der Waals surface area contributed by atoms with E-state index in [0.717, 1.165) is 8.58 Å². The van der Waals surface area contributed by atoms with Crippen LogP contribution in [0.4, 0.5) is 0 Å². The van der Waals surface area contributed by atoms with E-state index >= 15 is 0 Å². The predicted molar refractivity (Wildman–Crippen MR) is 28.8 cm³/mol. The molecule has 0 amide bonds. The maximum Gasteiger partial charge on any atom is -0.0177 e. The second-order valence-electron chi connectivity index (χ2n) is 0.901. The average Bonchev–Trinajstić information content (AvgIpc) is 1.41. The van der Waals surface area contributed by atoms with Gasteiger partial charge in [0, 0.05) is 0 Å². The van der Waals surface area contributed by atoms with Gasteiger partial charge in [-0.1, -0.05) is 6.92 Å². The first-order valence-electron chi connectivity index (χ1n) is 1.90. The van der Waals surface area contributed by atoms with Crippen molar-refractivity contribution in [1.29, 1.82) is 0 Å². The van der Waals surface area contributed by atoms with E-state index in [1.807, 2.05) is 0 Å². The van der Waals surface area contributed by atoms with Crippen LogP contribution in [0, 0.1) is 6.16 Å². The van der Waals surface area contributed by atoms with Crippen LogP contribution in [0.2, 0.25) is 0 Å². The molecule has 1 heteroatoms. The largest absolute Gasteiger partial charge is 0.121 e. The lowest BCUT2D eigenvalue weighted by atomic mass is 10.6. The number of rotatable bonds is 2. The Morgan fingerprint density at radius 3 is 2.40 bits per heavy atom. The summed E-state index contributed by atoms with van der Waals surface area (Å²) in [7, 11) is 1.03. The summed E-state index contributed by atoms with van der Waals surface area (Å²) in [5, 5.41) is 0. The van der Waals surface area contributed by atoms with Gasteiger partial charge >= 0.3 is 0 Å². The van der Waals surface area contributed by atoms with Gasteiger partial charge < -0.3 is 0 Å². The third-order valence-electron chi connectivity index (χ3n) is 0.408. The molecule has 0 aliphatic rings. The van der Waals surface area contributed by atoms with Crippen LogP contribution in [0.15, 0.2) is 0 Å². The van der Waals surface area contributed by atoms with Gasteiger partial charge in [0.2, 0.25) is 0 Å². The van der Waals surface area contributed by atoms with E-state index in [1.165, 1.54) is 6.42 Å². The molecular weight excluding hydrogens is 79.0 g/mol. The molecule has 0 bridgehead atoms. The number of hydrogen-bond donors (Lipinski definition) is 0. The second kappa shape index (κ2) is 4.43. The standard InChI is InChI=1S/C4H10P/c1-3-4-5-2/h4-5H,3H2,1-2H3. The van der Waals surface area contributed by atoms with Gasteiger partial charge in [0.1, 0.15) is 0 Å². The summed E-state index contributed by atoms with van der Waals surface area (Å²) >= 11 is 0. The molecule has 0 spiro atoms. The van der Waals surface area contributed by atoms with Crippen molar-refractivity contribution in [1.82, 2.24) is 0 Å². The Hall–Kier alpha value is 0.430. The van der Waals surface area contributed by atoms with Crippen LogP contribution >= 0.6 is 8.58 Å². The van der Waals surface area contributed by atoms with Gasteiger partial charge in [-0.15, -0.1) is 8.58 Å². The fourth-order valence-electron chi connectivity index (χ4n) is 0.204. The molecule has 0 heterocycles. The third kappa shape index (κ3) is 4.43. The number of hydrogen-bond acceptors (Lipinski definition) is 0. The van der Waals surface area contributed by atoms with Crippen molar-refractivity contribution in [2.45, 2.75) is 13.3 Å². The Morgan fingerprint density at radius 1 is 1.80 bits per heavy atom. The topological polar surface area (TPSA) is 0 Å². The minimum absolute atomic E-state index is 1.03. The van der Waals surface area contributed by atoms with E-state index in [1.54, 1.807) is 0 Å². The van der Waals surface area contributed by atoms with E-state index in [9.17, 15) is 0 Å². The Kier molecular flexibility index (Phi) is 4.81. The molecule has 31 valence electrons. The van der Waals surface area contributed by atoms with E-state index < -0.39 is 0 Å². The summed E-state index contributed by atoms with van der Waals surface area (Å²) in [6.07, 6.45) is 3.51. The Bertz CT molecular complexity index is 11.1. The molecule has 0 aliphatic heterocycles. The average molecular weight is 89.1 g/mol. The van der Waals surface area contributed by atoms with Crippen LogP contribution in [-0.4, -0.2) is 6.66 Å². The molecule has 0 saturated carbocycles. The molecule has 0 aliphatic carbocycles. The zero-order valence-electron chi connectivity index (χ0n) is 3.78. The molecule has 1 atom stereocenters. The molecule has 0 aromatic carbocycles. The molecule has 0 nitrogen and oxygen atoms in total. The molecule has 1 radical (unpaired) electrons. The fraction of sp³-hybridized carbons (Fsp3) is 0.750. The van der Waals surface area contributed by atoms with Crippen molar-refractivity contribution >= 4 is 8.58 Å². The maximum absolute atomic E-state index is 2.28. The Labute approximate surface area is 35.7 Å². The van der Waals surface area contributed by atoms with Crippen molar-refractivity contribution in [3.05, 3.63) is 6.16 Å². The smallest absolute Gasteiger partial charge is 0.0177 e. The minimum Gasteiger partial charge on any atom is -0.121 e. The zero-order chi connectivity index (χ0) is 4.12. The quantitative estimate of drug-likeness (QED) is 0.453. The molecular formula is C4H10P. The third-order valence-corrected chi connectivity index (χ3v) is 1.22. The molecule has 0 N–H and O–H groups in total. The fourth-order valence-corrected chi connectivity index (χ4v) is 0.612. The monoisotopic (exact) mass is 89.1 g/mol. The minimum atomic E-state index is 1.03. The summed E-state index contributed by atoms with van der Waals surface area (Å²) in [6, 6.07) is 0. The van der Waals surface area contributed by atoms with E-state index in [-0.39, 0.29) is 0 Å². The second-order valence-corrected chi connectivity index (χ2v) is 1.89. The van der Waals surface area contributed by atoms with Crippen LogP contribution < -0.4 is 0 Å². The molecule has 1 unspecified atom stereocenters. The van der Waals surface area contributed by atoms with Gasteiger partial charge in [-0.3, -0.25) is 0 Å². The molecule has 0 aromatic heterocycles. The van der Waals surface area contributed by atoms with Gasteiger partial charge in [0.15, 0.2) is 0 Å². The summed E-state index contributed by atoms with van der Waals surface area (Å²) in [5.74, 6) is 0. The lowest BCUT2D eigenvalue weighted by molar-refractivity contribution is 1.20. The van der Waals surface area contributed by atoms with Crippen molar-refractivity contribution in [2.24, 2.45) is 0 Å². The maximum atomic E-state index is 2.28. The molecule has 0 aromatic rings. The van der Waals surface area contributed by atoms with Crippen LogP contribution in [0.25, 0.3) is 0 Å². The SMILES string of the molecule is CC[CH]PC. The van der Waals surface area contributed by atoms with Gasteiger partial charge in [0.25, 0.3) is 0 Å². The molecule has 0 rings (SSSR count). The van der Waals surface area contributed by atoms with Crippen molar-refractivity contribution in [3.8, 4) is 0 Å². The molecule has 0 fully saturated rings. The van der Waals surface area contributed by atoms with Gasteiger partial charge in [0.05, 0.1) is 0 Å². The molecule has 5 heavy (non-hydrogen) atoms. The summed E-state index contributed by atoms with van der Waals surface area (Å²) in [6.45, 7) is 4.35. The van der Waals surface area contributed by atoms with Crippen molar-refractivity contribution in [3.63, 3.8) is 0 Å². The lowest BCUT2D eigenvalue weighted by Crippen LogP contribution is -1.50.